The predicted octanol–water partition coefficient (Wildman–Crippen LogP) is -0.792. The first-order valence-corrected chi connectivity index (χ1v) is 8.74. The molecule has 11 nitrogen and oxygen atoms in total. The van der Waals surface area contributed by atoms with E-state index in [9.17, 15) is 19.7 Å². The topological polar surface area (TPSA) is 164 Å². The Morgan fingerprint density at radius 3 is 2.89 bits per heavy atom. The molecule has 1 aromatic carbocycles. The van der Waals surface area contributed by atoms with Gasteiger partial charge in [-0.05, 0) is 24.4 Å². The van der Waals surface area contributed by atoms with Crippen LogP contribution in [0.3, 0.4) is 0 Å². The van der Waals surface area contributed by atoms with Gasteiger partial charge in [0.15, 0.2) is 0 Å². The highest BCUT2D eigenvalue weighted by molar-refractivity contribution is 6.44. The van der Waals surface area contributed by atoms with Crippen molar-refractivity contribution in [2.75, 3.05) is 13.1 Å². The number of benzene rings is 1. The molecule has 2 aliphatic rings. The first-order chi connectivity index (χ1) is 13.4. The van der Waals surface area contributed by atoms with Crippen LogP contribution in [0.5, 0.6) is 11.5 Å². The molecule has 12 heteroatoms. The lowest BCUT2D eigenvalue weighted by Crippen LogP contribution is -2.58. The molecule has 0 bridgehead atoms. The number of carboxylic acid groups (broad SMARTS) is 1. The zero-order valence-corrected chi connectivity index (χ0v) is 14.7. The smallest absolute Gasteiger partial charge is 0.522 e. The van der Waals surface area contributed by atoms with Crippen molar-refractivity contribution in [3.63, 3.8) is 0 Å². The summed E-state index contributed by atoms with van der Waals surface area (Å²) < 4.78 is 11.1. The zero-order valence-electron chi connectivity index (χ0n) is 14.7. The molecule has 1 fully saturated rings. The Kier molecular flexibility index (Phi) is 4.65. The molecule has 1 atom stereocenters. The highest BCUT2D eigenvalue weighted by Crippen LogP contribution is 2.37. The molecule has 1 saturated heterocycles. The van der Waals surface area contributed by atoms with Crippen LogP contribution in [0.15, 0.2) is 18.3 Å². The second kappa shape index (κ2) is 7.13. The lowest BCUT2D eigenvalue weighted by atomic mass is 9.78. The molecule has 1 unspecified atom stereocenters. The third-order valence-electron chi connectivity index (χ3n) is 4.80. The fraction of sp³-hybridized carbons (Fsp3) is 0.375. The Morgan fingerprint density at radius 1 is 1.43 bits per heavy atom. The lowest BCUT2D eigenvalue weighted by molar-refractivity contribution is -0.141. The zero-order chi connectivity index (χ0) is 19.8. The standard InChI is InChI=1S/C16H18BN5O6/c18-13(10-5-19-21-20-10)15(23)22-6-9(7-22)27-11-2-1-8-3-4-17(26)28-14(8)12(11)16(24)25/h1-2,5,9,13,26H,3-4,6-7,18H2,(H,24,25)(H,19,20,21). The summed E-state index contributed by atoms with van der Waals surface area (Å²) >= 11 is 0. The van der Waals surface area contributed by atoms with Crippen LogP contribution in [0.4, 0.5) is 0 Å². The fourth-order valence-corrected chi connectivity index (χ4v) is 3.27. The predicted molar refractivity (Wildman–Crippen MR) is 94.8 cm³/mol. The highest BCUT2D eigenvalue weighted by atomic mass is 16.5. The Hall–Kier alpha value is -3.12. The van der Waals surface area contributed by atoms with E-state index in [-0.39, 0.29) is 42.2 Å². The summed E-state index contributed by atoms with van der Waals surface area (Å²) in [5.74, 6) is -1.26. The van der Waals surface area contributed by atoms with Gasteiger partial charge in [-0.3, -0.25) is 4.79 Å². The van der Waals surface area contributed by atoms with Gasteiger partial charge in [-0.15, -0.1) is 0 Å². The highest BCUT2D eigenvalue weighted by Gasteiger charge is 2.37. The maximum absolute atomic E-state index is 12.3. The van der Waals surface area contributed by atoms with Crippen molar-refractivity contribution in [1.82, 2.24) is 20.3 Å². The number of amides is 1. The average molecular weight is 387 g/mol. The first-order valence-electron chi connectivity index (χ1n) is 8.74. The number of H-pyrrole nitrogens is 1. The number of hydrogen-bond donors (Lipinski definition) is 4. The summed E-state index contributed by atoms with van der Waals surface area (Å²) in [5.41, 5.74) is 6.80. The Morgan fingerprint density at radius 2 is 2.21 bits per heavy atom. The average Bonchev–Trinajstić information content (AvgIpc) is 3.17. The molecule has 0 saturated carbocycles. The van der Waals surface area contributed by atoms with Crippen LogP contribution in [0.2, 0.25) is 6.32 Å². The molecular formula is C16H18BN5O6. The van der Waals surface area contributed by atoms with Crippen LogP contribution in [-0.4, -0.2) is 68.6 Å². The number of aromatic amines is 1. The summed E-state index contributed by atoms with van der Waals surface area (Å²) in [6.07, 6.45) is 1.93. The van der Waals surface area contributed by atoms with Crippen LogP contribution in [0, 0.1) is 0 Å². The summed E-state index contributed by atoms with van der Waals surface area (Å²) in [5, 5.41) is 29.1. The molecule has 2 aliphatic heterocycles. The number of aromatic carboxylic acids is 1. The van der Waals surface area contributed by atoms with Crippen LogP contribution >= 0.6 is 0 Å². The SMILES string of the molecule is NC(C(=O)N1CC(Oc2ccc3c(c2C(=O)O)OB(O)CC3)C1)c1cn[nH]n1. The summed E-state index contributed by atoms with van der Waals surface area (Å²) in [6, 6.07) is 2.38. The molecule has 5 N–H and O–H groups in total. The Labute approximate surface area is 159 Å². The van der Waals surface area contributed by atoms with Crippen LogP contribution in [-0.2, 0) is 11.2 Å². The molecule has 28 heavy (non-hydrogen) atoms. The minimum absolute atomic E-state index is 0.125. The van der Waals surface area contributed by atoms with Gasteiger partial charge in [0.05, 0.1) is 19.3 Å². The van der Waals surface area contributed by atoms with Crippen LogP contribution in [0.1, 0.15) is 27.7 Å². The number of nitrogens with two attached hydrogens (primary N) is 1. The van der Waals surface area contributed by atoms with Crippen LogP contribution < -0.4 is 15.1 Å². The summed E-state index contributed by atoms with van der Waals surface area (Å²) in [4.78, 5) is 25.6. The quantitative estimate of drug-likeness (QED) is 0.481. The molecule has 4 rings (SSSR count). The van der Waals surface area contributed by atoms with Gasteiger partial charge in [0.25, 0.3) is 0 Å². The normalized spacial score (nSPS) is 17.4. The van der Waals surface area contributed by atoms with Crippen molar-refractivity contribution >= 4 is 19.0 Å². The van der Waals surface area contributed by atoms with Crippen molar-refractivity contribution < 1.29 is 29.1 Å². The molecule has 1 aromatic heterocycles. The van der Waals surface area contributed by atoms with E-state index in [0.29, 0.717) is 24.0 Å². The second-order valence-electron chi connectivity index (χ2n) is 6.70. The largest absolute Gasteiger partial charge is 0.535 e. The number of hydrogen-bond acceptors (Lipinski definition) is 8. The minimum atomic E-state index is -1.21. The molecule has 146 valence electrons. The third kappa shape index (κ3) is 3.27. The molecular weight excluding hydrogens is 369 g/mol. The Bertz CT molecular complexity index is 901. The van der Waals surface area contributed by atoms with Gasteiger partial charge in [-0.1, -0.05) is 6.07 Å². The van der Waals surface area contributed by atoms with E-state index in [1.54, 1.807) is 12.1 Å². The number of carbonyl (C=O) groups is 2. The fourth-order valence-electron chi connectivity index (χ4n) is 3.27. The van der Waals surface area contributed by atoms with E-state index in [2.05, 4.69) is 15.4 Å². The van der Waals surface area contributed by atoms with Crippen molar-refractivity contribution in [1.29, 1.82) is 0 Å². The summed E-state index contributed by atoms with van der Waals surface area (Å²) in [7, 11) is -1.05. The van der Waals surface area contributed by atoms with Crippen molar-refractivity contribution in [2.45, 2.75) is 24.9 Å². The third-order valence-corrected chi connectivity index (χ3v) is 4.80. The van der Waals surface area contributed by atoms with E-state index in [0.717, 1.165) is 0 Å². The number of ether oxygens (including phenoxy) is 1. The summed E-state index contributed by atoms with van der Waals surface area (Å²) in [6.45, 7) is 0.536. The van der Waals surface area contributed by atoms with Crippen molar-refractivity contribution in [2.24, 2.45) is 5.73 Å². The number of rotatable bonds is 5. The van der Waals surface area contributed by atoms with E-state index < -0.39 is 19.1 Å². The van der Waals surface area contributed by atoms with Crippen LogP contribution in [0.25, 0.3) is 0 Å². The number of aryl methyl sites for hydroxylation is 1. The van der Waals surface area contributed by atoms with E-state index in [4.69, 9.17) is 15.1 Å². The van der Waals surface area contributed by atoms with E-state index in [1.807, 2.05) is 0 Å². The number of likely N-dealkylation sites (tertiary alicyclic amines) is 1. The van der Waals surface area contributed by atoms with Crippen molar-refractivity contribution in [3.05, 3.63) is 35.2 Å². The number of carboxylic acids is 1. The minimum Gasteiger partial charge on any atom is -0.535 e. The van der Waals surface area contributed by atoms with Gasteiger partial charge in [0.2, 0.25) is 5.91 Å². The maximum Gasteiger partial charge on any atom is 0.522 e. The second-order valence-corrected chi connectivity index (χ2v) is 6.70. The van der Waals surface area contributed by atoms with Gasteiger partial charge in [0.1, 0.15) is 34.9 Å². The molecule has 1 amide bonds. The molecule has 2 aromatic rings. The molecule has 0 aliphatic carbocycles. The molecule has 0 radical (unpaired) electrons. The Balaban J connectivity index is 1.44. The van der Waals surface area contributed by atoms with Gasteiger partial charge < -0.3 is 30.2 Å². The maximum atomic E-state index is 12.3. The number of aromatic nitrogens is 3. The molecule has 0 spiro atoms. The van der Waals surface area contributed by atoms with E-state index >= 15 is 0 Å². The number of nitrogens with zero attached hydrogens (tertiary/aromatic N) is 3. The molecule has 3 heterocycles. The monoisotopic (exact) mass is 387 g/mol. The van der Waals surface area contributed by atoms with Crippen molar-refractivity contribution in [3.8, 4) is 11.5 Å². The number of carbonyl (C=O) groups excluding carboxylic acids is 1. The lowest BCUT2D eigenvalue weighted by Gasteiger charge is -2.40. The van der Waals surface area contributed by atoms with Gasteiger partial charge in [0, 0.05) is 0 Å². The number of fused-ring (bicyclic) bond motifs is 1. The van der Waals surface area contributed by atoms with E-state index in [1.165, 1.54) is 11.1 Å². The number of nitrogens with one attached hydrogen (secondary N) is 1. The first kappa shape index (κ1) is 18.3. The van der Waals surface area contributed by atoms with Gasteiger partial charge >= 0.3 is 13.1 Å². The van der Waals surface area contributed by atoms with Gasteiger partial charge in [-0.2, -0.15) is 15.4 Å². The van der Waals surface area contributed by atoms with Gasteiger partial charge in [-0.25, -0.2) is 4.79 Å².